The number of carboxylic acid groups (broad SMARTS) is 1. The minimum atomic E-state index is -1.26. The fourth-order valence-corrected chi connectivity index (χ4v) is 3.07. The van der Waals surface area contributed by atoms with E-state index < -0.39 is 5.97 Å². The lowest BCUT2D eigenvalue weighted by atomic mass is 10.0. The minimum absolute atomic E-state index is 0.0562. The fourth-order valence-electron chi connectivity index (χ4n) is 2.26. The molecular weight excluding hydrogens is 330 g/mol. The molecule has 6 nitrogen and oxygen atoms in total. The molecule has 2 aromatic rings. The van der Waals surface area contributed by atoms with Crippen molar-refractivity contribution in [3.05, 3.63) is 52.1 Å². The molecule has 1 aromatic heterocycles. The molecule has 1 aromatic carbocycles. The number of thioether (sulfide) groups is 1. The first kappa shape index (κ1) is 16.1. The zero-order chi connectivity index (χ0) is 17.4. The van der Waals surface area contributed by atoms with Crippen LogP contribution in [-0.4, -0.2) is 29.1 Å². The van der Waals surface area contributed by atoms with Gasteiger partial charge in [-0.05, 0) is 48.0 Å². The Hall–Kier alpha value is -2.80. The summed E-state index contributed by atoms with van der Waals surface area (Å²) < 4.78 is 5.68. The molecule has 0 aliphatic carbocycles. The molecule has 1 aliphatic heterocycles. The molecule has 2 heterocycles. The monoisotopic (exact) mass is 342 g/mol. The molecule has 0 radical (unpaired) electrons. The van der Waals surface area contributed by atoms with Crippen LogP contribution in [0.1, 0.15) is 21.7 Å². The number of carbonyl (C=O) groups excluding carboxylic acids is 3. The first-order chi connectivity index (χ1) is 11.4. The molecule has 3 rings (SSSR count). The second-order valence-corrected chi connectivity index (χ2v) is 6.25. The van der Waals surface area contributed by atoms with Gasteiger partial charge in [0.15, 0.2) is 0 Å². The molecule has 1 fully saturated rings. The molecule has 0 saturated carbocycles. The number of benzene rings is 1. The van der Waals surface area contributed by atoms with E-state index in [1.165, 1.54) is 25.3 Å². The van der Waals surface area contributed by atoms with Gasteiger partial charge in [0.1, 0.15) is 11.5 Å². The highest BCUT2D eigenvalue weighted by Crippen LogP contribution is 2.33. The predicted molar refractivity (Wildman–Crippen MR) is 86.9 cm³/mol. The van der Waals surface area contributed by atoms with E-state index in [-0.39, 0.29) is 21.6 Å². The Bertz CT molecular complexity index is 896. The van der Waals surface area contributed by atoms with Crippen LogP contribution in [0.2, 0.25) is 0 Å². The van der Waals surface area contributed by atoms with Crippen molar-refractivity contribution in [2.45, 2.75) is 6.92 Å². The molecule has 0 N–H and O–H groups in total. The fraction of sp³-hybridized carbons (Fsp3) is 0.118. The smallest absolute Gasteiger partial charge is 0.293 e. The Morgan fingerprint density at radius 1 is 1.25 bits per heavy atom. The Labute approximate surface area is 141 Å². The van der Waals surface area contributed by atoms with E-state index in [1.807, 2.05) is 6.92 Å². The molecule has 1 saturated heterocycles. The molecule has 2 amide bonds. The average molecular weight is 342 g/mol. The van der Waals surface area contributed by atoms with Crippen LogP contribution in [-0.2, 0) is 4.79 Å². The van der Waals surface area contributed by atoms with Crippen molar-refractivity contribution in [1.29, 1.82) is 0 Å². The topological polar surface area (TPSA) is 90.6 Å². The largest absolute Gasteiger partial charge is 0.545 e. The van der Waals surface area contributed by atoms with Gasteiger partial charge in [0, 0.05) is 18.7 Å². The SMILES string of the molecule is Cc1ccc(C(=O)[O-])cc1-c1ccc(/C=C2\SC(=O)N(C)C2=O)o1. The second-order valence-electron chi connectivity index (χ2n) is 5.26. The molecule has 24 heavy (non-hydrogen) atoms. The van der Waals surface area contributed by atoms with Gasteiger partial charge in [-0.1, -0.05) is 12.1 Å². The number of imide groups is 1. The van der Waals surface area contributed by atoms with E-state index in [2.05, 4.69) is 0 Å². The van der Waals surface area contributed by atoms with Crippen LogP contribution >= 0.6 is 11.8 Å². The van der Waals surface area contributed by atoms with Crippen LogP contribution in [0.25, 0.3) is 17.4 Å². The molecule has 0 spiro atoms. The number of hydrogen-bond donors (Lipinski definition) is 0. The lowest BCUT2D eigenvalue weighted by Crippen LogP contribution is -2.22. The van der Waals surface area contributed by atoms with E-state index in [4.69, 9.17) is 4.42 Å². The summed E-state index contributed by atoms with van der Waals surface area (Å²) in [6.07, 6.45) is 1.50. The highest BCUT2D eigenvalue weighted by Gasteiger charge is 2.32. The van der Waals surface area contributed by atoms with E-state index in [0.29, 0.717) is 17.1 Å². The van der Waals surface area contributed by atoms with Crippen molar-refractivity contribution in [3.63, 3.8) is 0 Å². The standard InChI is InChI=1S/C17H13NO5S/c1-9-3-4-10(16(20)21)7-12(9)13-6-5-11(23-13)8-14-15(19)18(2)17(22)24-14/h3-8H,1-2H3,(H,20,21)/p-1/b14-8-. The lowest BCUT2D eigenvalue weighted by Gasteiger charge is -2.07. The zero-order valence-electron chi connectivity index (χ0n) is 12.9. The third kappa shape index (κ3) is 2.85. The van der Waals surface area contributed by atoms with Crippen molar-refractivity contribution in [3.8, 4) is 11.3 Å². The second kappa shape index (κ2) is 6.01. The lowest BCUT2D eigenvalue weighted by molar-refractivity contribution is -0.255. The molecule has 0 unspecified atom stereocenters. The summed E-state index contributed by atoms with van der Waals surface area (Å²) in [4.78, 5) is 35.7. The van der Waals surface area contributed by atoms with Crippen LogP contribution in [0.5, 0.6) is 0 Å². The number of aryl methyl sites for hydroxylation is 1. The van der Waals surface area contributed by atoms with Crippen LogP contribution < -0.4 is 5.11 Å². The Morgan fingerprint density at radius 3 is 2.62 bits per heavy atom. The summed E-state index contributed by atoms with van der Waals surface area (Å²) in [6.45, 7) is 1.83. The number of nitrogens with zero attached hydrogens (tertiary/aromatic N) is 1. The van der Waals surface area contributed by atoms with Crippen molar-refractivity contribution in [2.75, 3.05) is 7.05 Å². The van der Waals surface area contributed by atoms with Crippen molar-refractivity contribution >= 4 is 35.0 Å². The van der Waals surface area contributed by atoms with E-state index in [1.54, 1.807) is 18.2 Å². The van der Waals surface area contributed by atoms with Gasteiger partial charge in [0.25, 0.3) is 11.1 Å². The molecule has 7 heteroatoms. The Kier molecular flexibility index (Phi) is 4.02. The van der Waals surface area contributed by atoms with Gasteiger partial charge in [-0.25, -0.2) is 0 Å². The van der Waals surface area contributed by atoms with E-state index >= 15 is 0 Å². The van der Waals surface area contributed by atoms with Gasteiger partial charge in [0.05, 0.1) is 10.9 Å². The van der Waals surface area contributed by atoms with Crippen molar-refractivity contribution < 1.29 is 23.9 Å². The van der Waals surface area contributed by atoms with Gasteiger partial charge in [-0.3, -0.25) is 14.5 Å². The maximum atomic E-state index is 11.9. The maximum Gasteiger partial charge on any atom is 0.293 e. The minimum Gasteiger partial charge on any atom is -0.545 e. The van der Waals surface area contributed by atoms with Gasteiger partial charge in [0.2, 0.25) is 0 Å². The van der Waals surface area contributed by atoms with Crippen LogP contribution in [0.3, 0.4) is 0 Å². The zero-order valence-corrected chi connectivity index (χ0v) is 13.7. The molecule has 1 aliphatic rings. The van der Waals surface area contributed by atoms with Crippen molar-refractivity contribution in [1.82, 2.24) is 4.90 Å². The molecule has 0 bridgehead atoms. The number of hydrogen-bond acceptors (Lipinski definition) is 6. The quantitative estimate of drug-likeness (QED) is 0.795. The number of carboxylic acids is 1. The van der Waals surface area contributed by atoms with E-state index in [9.17, 15) is 19.5 Å². The summed E-state index contributed by atoms with van der Waals surface area (Å²) in [6, 6.07) is 7.96. The predicted octanol–water partition coefficient (Wildman–Crippen LogP) is 2.28. The van der Waals surface area contributed by atoms with Crippen molar-refractivity contribution in [2.24, 2.45) is 0 Å². The first-order valence-corrected chi connectivity index (χ1v) is 7.82. The average Bonchev–Trinajstić information content (AvgIpc) is 3.09. The number of amides is 2. The normalized spacial score (nSPS) is 16.2. The number of furan rings is 1. The van der Waals surface area contributed by atoms with Gasteiger partial charge < -0.3 is 14.3 Å². The maximum absolute atomic E-state index is 11.9. The summed E-state index contributed by atoms with van der Waals surface area (Å²) in [7, 11) is 1.42. The third-order valence-electron chi connectivity index (χ3n) is 3.63. The molecule has 0 atom stereocenters. The highest BCUT2D eigenvalue weighted by molar-refractivity contribution is 8.18. The van der Waals surface area contributed by atoms with Gasteiger partial charge in [-0.15, -0.1) is 0 Å². The highest BCUT2D eigenvalue weighted by atomic mass is 32.2. The summed E-state index contributed by atoms with van der Waals surface area (Å²) in [5.41, 5.74) is 1.52. The number of carbonyl (C=O) groups is 3. The molecular formula is C17H12NO5S-. The van der Waals surface area contributed by atoms with Crippen LogP contribution in [0.15, 0.2) is 39.7 Å². The van der Waals surface area contributed by atoms with Crippen LogP contribution in [0.4, 0.5) is 4.79 Å². The van der Waals surface area contributed by atoms with Gasteiger partial charge >= 0.3 is 0 Å². The molecule has 122 valence electrons. The summed E-state index contributed by atoms with van der Waals surface area (Å²) in [5.74, 6) is -0.766. The van der Waals surface area contributed by atoms with Gasteiger partial charge in [-0.2, -0.15) is 0 Å². The Morgan fingerprint density at radius 2 is 2.00 bits per heavy atom. The Balaban J connectivity index is 1.95. The number of aromatic carboxylic acids is 1. The van der Waals surface area contributed by atoms with Crippen LogP contribution in [0, 0.1) is 6.92 Å². The number of rotatable bonds is 3. The summed E-state index contributed by atoms with van der Waals surface area (Å²) >= 11 is 0.844. The summed E-state index contributed by atoms with van der Waals surface area (Å²) in [5, 5.41) is 10.7. The van der Waals surface area contributed by atoms with E-state index in [0.717, 1.165) is 22.2 Å². The number of likely N-dealkylation sites (N-methyl/N-ethyl adjacent to an activating group) is 1. The first-order valence-electron chi connectivity index (χ1n) is 7.00. The third-order valence-corrected chi connectivity index (χ3v) is 4.59.